The molecule has 1 saturated heterocycles. The molecule has 1 fully saturated rings. The zero-order chi connectivity index (χ0) is 61.7. The van der Waals surface area contributed by atoms with Crippen LogP contribution < -0.4 is 20.1 Å². The van der Waals surface area contributed by atoms with Crippen LogP contribution in [0.1, 0.15) is 113 Å². The summed E-state index contributed by atoms with van der Waals surface area (Å²) in [5.41, 5.74) is 0.675. The quantitative estimate of drug-likeness (QED) is 0.0695. The number of aliphatic hydroxyl groups excluding tert-OH is 1. The molecule has 2 aromatic rings. The molecule has 2 aromatic carbocycles. The molecule has 3 N–H and O–H groups in total. The summed E-state index contributed by atoms with van der Waals surface area (Å²) in [6.45, 7) is 17.0. The summed E-state index contributed by atoms with van der Waals surface area (Å²) >= 11 is 0. The van der Waals surface area contributed by atoms with E-state index in [0.29, 0.717) is 38.0 Å². The second kappa shape index (κ2) is 33.7. The van der Waals surface area contributed by atoms with Gasteiger partial charge in [0.1, 0.15) is 30.4 Å². The average molecular weight is 1170 g/mol. The number of aliphatic hydroxyl groups is 1. The fourth-order valence-electron chi connectivity index (χ4n) is 10.8. The molecular formula is C61H92N6O16. The van der Waals surface area contributed by atoms with Crippen LogP contribution in [0.3, 0.4) is 0 Å². The van der Waals surface area contributed by atoms with Crippen molar-refractivity contribution in [2.45, 2.75) is 155 Å². The topological polar surface area (TPSA) is 258 Å². The minimum Gasteiger partial charge on any atom is -0.439 e. The maximum atomic E-state index is 14.8. The lowest BCUT2D eigenvalue weighted by Crippen LogP contribution is -2.55. The zero-order valence-corrected chi connectivity index (χ0v) is 51.1. The summed E-state index contributed by atoms with van der Waals surface area (Å²) in [6.07, 6.45) is -0.480. The van der Waals surface area contributed by atoms with Crippen molar-refractivity contribution in [1.29, 1.82) is 0 Å². The number of ether oxygens (including phenoxy) is 7. The first kappa shape index (κ1) is 69.0. The van der Waals surface area contributed by atoms with Gasteiger partial charge < -0.3 is 68.5 Å². The van der Waals surface area contributed by atoms with E-state index in [1.165, 1.54) is 57.5 Å². The number of nitrogens with zero attached hydrogens (tertiary/aromatic N) is 4. The van der Waals surface area contributed by atoms with Crippen LogP contribution in [-0.2, 0) is 47.7 Å². The number of nitrogens with one attached hydrogen (secondary N) is 2. The van der Waals surface area contributed by atoms with E-state index < -0.39 is 90.7 Å². The predicted octanol–water partition coefficient (Wildman–Crippen LogP) is 6.97. The van der Waals surface area contributed by atoms with E-state index in [0.717, 1.165) is 4.90 Å². The normalized spacial score (nSPS) is 19.4. The summed E-state index contributed by atoms with van der Waals surface area (Å²) in [6, 6.07) is 10.9. The maximum Gasteiger partial charge on any atom is 0.415 e. The molecule has 2 aliphatic heterocycles. The summed E-state index contributed by atoms with van der Waals surface area (Å²) < 4.78 is 39.1. The molecule has 462 valence electrons. The first-order valence-corrected chi connectivity index (χ1v) is 28.9. The Labute approximate surface area is 490 Å². The third-order valence-corrected chi connectivity index (χ3v) is 15.8. The molecule has 0 aliphatic carbocycles. The van der Waals surface area contributed by atoms with Crippen molar-refractivity contribution < 1.29 is 76.6 Å². The van der Waals surface area contributed by atoms with Crippen LogP contribution in [0.4, 0.5) is 14.4 Å². The van der Waals surface area contributed by atoms with E-state index in [-0.39, 0.29) is 91.8 Å². The molecular weight excluding hydrogens is 1070 g/mol. The van der Waals surface area contributed by atoms with Gasteiger partial charge in [0.05, 0.1) is 74.6 Å². The molecule has 22 nitrogen and oxygen atoms in total. The van der Waals surface area contributed by atoms with E-state index in [1.54, 1.807) is 75.8 Å². The molecule has 6 amide bonds. The smallest absolute Gasteiger partial charge is 0.415 e. The molecule has 0 radical (unpaired) electrons. The Morgan fingerprint density at radius 2 is 1.42 bits per heavy atom. The number of benzene rings is 2. The molecule has 4 rings (SSSR count). The van der Waals surface area contributed by atoms with Gasteiger partial charge in [-0.05, 0) is 73.4 Å². The van der Waals surface area contributed by atoms with E-state index >= 15 is 0 Å². The third-order valence-electron chi connectivity index (χ3n) is 15.8. The van der Waals surface area contributed by atoms with Crippen LogP contribution in [0.2, 0.25) is 0 Å². The Kier molecular flexibility index (Phi) is 28.1. The molecule has 0 aromatic heterocycles. The number of Topliss-reactive ketones (excluding diaryl/α,β-unsaturated/α-hetero) is 2. The van der Waals surface area contributed by atoms with Gasteiger partial charge in [-0.1, -0.05) is 98.2 Å². The monoisotopic (exact) mass is 1160 g/mol. The molecule has 3 unspecified atom stereocenters. The van der Waals surface area contributed by atoms with Crippen molar-refractivity contribution in [3.8, 4) is 11.5 Å². The number of carbonyl (C=O) groups is 8. The number of likely N-dealkylation sites (tertiary alicyclic amines) is 1. The van der Waals surface area contributed by atoms with Crippen molar-refractivity contribution in [3.05, 3.63) is 72.3 Å². The largest absolute Gasteiger partial charge is 0.439 e. The summed E-state index contributed by atoms with van der Waals surface area (Å²) in [5, 5.41) is 16.4. The Hall–Kier alpha value is -6.46. The molecule has 0 bridgehead atoms. The van der Waals surface area contributed by atoms with Crippen LogP contribution in [0, 0.1) is 29.6 Å². The Balaban J connectivity index is 1.39. The van der Waals surface area contributed by atoms with Gasteiger partial charge in [-0.2, -0.15) is 0 Å². The number of rotatable bonds is 29. The van der Waals surface area contributed by atoms with Crippen molar-refractivity contribution >= 4 is 47.6 Å². The molecule has 0 spiro atoms. The van der Waals surface area contributed by atoms with Gasteiger partial charge in [0.15, 0.2) is 11.6 Å². The molecule has 83 heavy (non-hydrogen) atoms. The highest BCUT2D eigenvalue weighted by atomic mass is 16.7. The summed E-state index contributed by atoms with van der Waals surface area (Å²) in [5.74, 6) is -3.76. The number of hydrogen-bond donors (Lipinski definition) is 3. The van der Waals surface area contributed by atoms with Crippen molar-refractivity contribution in [2.75, 3.05) is 68.5 Å². The predicted molar refractivity (Wildman–Crippen MR) is 309 cm³/mol. The summed E-state index contributed by atoms with van der Waals surface area (Å²) in [4.78, 5) is 116. The van der Waals surface area contributed by atoms with Gasteiger partial charge in [-0.25, -0.2) is 14.4 Å². The van der Waals surface area contributed by atoms with Crippen molar-refractivity contribution in [1.82, 2.24) is 30.2 Å². The lowest BCUT2D eigenvalue weighted by Gasteiger charge is -2.41. The van der Waals surface area contributed by atoms with Crippen molar-refractivity contribution in [2.24, 2.45) is 29.6 Å². The van der Waals surface area contributed by atoms with Crippen LogP contribution in [0.15, 0.2) is 66.7 Å². The van der Waals surface area contributed by atoms with Gasteiger partial charge in [0.25, 0.3) is 0 Å². The number of ketones is 2. The number of carbonyl (C=O) groups excluding carboxylic acids is 8. The molecule has 2 aliphatic rings. The second-order valence-corrected chi connectivity index (χ2v) is 22.4. The average Bonchev–Trinajstić information content (AvgIpc) is 4.20. The highest BCUT2D eigenvalue weighted by Crippen LogP contribution is 2.32. The maximum absolute atomic E-state index is 14.8. The zero-order valence-electron chi connectivity index (χ0n) is 51.1. The van der Waals surface area contributed by atoms with Gasteiger partial charge >= 0.3 is 18.3 Å². The Morgan fingerprint density at radius 3 is 2.01 bits per heavy atom. The Morgan fingerprint density at radius 1 is 0.771 bits per heavy atom. The molecule has 2 heterocycles. The van der Waals surface area contributed by atoms with Crippen LogP contribution >= 0.6 is 0 Å². The number of amides is 6. The lowest BCUT2D eigenvalue weighted by molar-refractivity contribution is -0.149. The lowest BCUT2D eigenvalue weighted by atomic mass is 9.83. The van der Waals surface area contributed by atoms with Crippen LogP contribution in [0.25, 0.3) is 0 Å². The molecule has 12 atom stereocenters. The number of hydrogen-bond acceptors (Lipinski definition) is 16. The minimum absolute atomic E-state index is 0.0476. The minimum atomic E-state index is -1.13. The van der Waals surface area contributed by atoms with Crippen molar-refractivity contribution in [3.63, 3.8) is 0 Å². The summed E-state index contributed by atoms with van der Waals surface area (Å²) in [7, 11) is 7.59. The molecule has 22 heteroatoms. The van der Waals surface area contributed by atoms with E-state index in [2.05, 4.69) is 10.6 Å². The van der Waals surface area contributed by atoms with E-state index in [1.807, 2.05) is 45.9 Å². The highest BCUT2D eigenvalue weighted by molar-refractivity contribution is 5.92. The highest BCUT2D eigenvalue weighted by Gasteiger charge is 2.44. The van der Waals surface area contributed by atoms with Gasteiger partial charge in [0, 0.05) is 60.7 Å². The standard InChI is InChI=1S/C61H92N6O16/c1-15-39(7)54(51(77-13)33-52(70)67-30-20-25-48(67)56(78-14)40(8)57(72)62-41(9)55(71)42-22-18-17-19-23-42)65(11)58(73)46(37(3)4)32-50(69)53(38(5)6)66(12)61(76)82-44-28-26-43(27-29-44)81-59(74)63-47(49(68)16-2)34-64(10)60(75)83-45-24-21-31-79-36-80-35-45/h17-19,21-24,26-29,37-41,45-48,51,53-56,71H,15-16,20,25,30-36H2,1-14H3,(H,62,72)(H,63,74)/b24-21+/t39-,40+,41+,45?,46?,47?,48-,51+,53-,54-,55+,56+/m0/s1. The fourth-order valence-corrected chi connectivity index (χ4v) is 10.8. The van der Waals surface area contributed by atoms with Gasteiger partial charge in [0.2, 0.25) is 17.7 Å². The van der Waals surface area contributed by atoms with Crippen LogP contribution in [0.5, 0.6) is 11.5 Å². The fraction of sp³-hybridized carbons (Fsp3) is 0.639. The van der Waals surface area contributed by atoms with E-state index in [4.69, 9.17) is 33.2 Å². The first-order chi connectivity index (χ1) is 39.4. The van der Waals surface area contributed by atoms with Gasteiger partial charge in [-0.3, -0.25) is 24.0 Å². The van der Waals surface area contributed by atoms with Crippen LogP contribution in [-0.4, -0.2) is 189 Å². The molecule has 0 saturated carbocycles. The Bertz CT molecular complexity index is 2460. The van der Waals surface area contributed by atoms with E-state index in [9.17, 15) is 43.5 Å². The first-order valence-electron chi connectivity index (χ1n) is 28.9. The number of likely N-dealkylation sites (N-methyl/N-ethyl adjacent to an activating group) is 3. The third kappa shape index (κ3) is 19.8. The second-order valence-electron chi connectivity index (χ2n) is 22.4. The van der Waals surface area contributed by atoms with Gasteiger partial charge in [-0.15, -0.1) is 0 Å². The number of methoxy groups -OCH3 is 2. The SMILES string of the molecule is CCC(=O)C(CN(C)C(=O)OC1/C=C/COCOC1)NC(=O)Oc1ccc(OC(=O)N(C)[C@H](C(=O)CC(C(=O)N(C)[C@@H]([C@@H](C)CC)[C@@H](CC(=O)N2CCC[C@H]2[C@H](OC)[C@@H](C)C(=O)N[C@H](C)[C@@H](O)c2ccccc2)OC)C(C)C)C(C)C)cc1.